The molecule has 0 spiro atoms. The normalized spacial score (nSPS) is 22.7. The summed E-state index contributed by atoms with van der Waals surface area (Å²) in [7, 11) is 0. The average Bonchev–Trinajstić information content (AvgIpc) is 2.49. The van der Waals surface area contributed by atoms with E-state index in [1.165, 1.54) is 38.8 Å². The van der Waals surface area contributed by atoms with Gasteiger partial charge >= 0.3 is 0 Å². The summed E-state index contributed by atoms with van der Waals surface area (Å²) in [6, 6.07) is 0. The van der Waals surface area contributed by atoms with Gasteiger partial charge in [-0.05, 0) is 57.5 Å². The van der Waals surface area contributed by atoms with Gasteiger partial charge in [-0.1, -0.05) is 0 Å². The number of aryl methyl sites for hydroxylation is 1. The molecule has 1 N–H and O–H groups in total. The maximum atomic E-state index is 4.49. The molecule has 2 aliphatic heterocycles. The van der Waals surface area contributed by atoms with Crippen LogP contribution in [0.25, 0.3) is 0 Å². The third-order valence-electron chi connectivity index (χ3n) is 4.68. The Balaban J connectivity index is 1.55. The first-order valence-electron chi connectivity index (χ1n) is 7.57. The smallest absolute Gasteiger partial charge is 0.147 e. The molecule has 4 nitrogen and oxygen atoms in total. The highest BCUT2D eigenvalue weighted by molar-refractivity contribution is 5.36. The van der Waals surface area contributed by atoms with Crippen LogP contribution in [-0.4, -0.2) is 36.1 Å². The molecule has 0 saturated carbocycles. The van der Waals surface area contributed by atoms with E-state index in [1.807, 2.05) is 19.3 Å². The first-order chi connectivity index (χ1) is 9.33. The highest BCUT2D eigenvalue weighted by Gasteiger charge is 2.27. The first-order valence-corrected chi connectivity index (χ1v) is 7.57. The summed E-state index contributed by atoms with van der Waals surface area (Å²) in [5, 5.41) is 3.47. The number of anilines is 1. The molecule has 0 aliphatic carbocycles. The lowest BCUT2D eigenvalue weighted by Crippen LogP contribution is -2.39. The van der Waals surface area contributed by atoms with Crippen molar-refractivity contribution in [2.45, 2.75) is 32.6 Å². The lowest BCUT2D eigenvalue weighted by molar-refractivity contribution is 0.221. The Morgan fingerprint density at radius 2 is 1.68 bits per heavy atom. The highest BCUT2D eigenvalue weighted by atomic mass is 15.2. The van der Waals surface area contributed by atoms with E-state index in [4.69, 9.17) is 0 Å². The van der Waals surface area contributed by atoms with Crippen LogP contribution in [0.2, 0.25) is 0 Å². The fraction of sp³-hybridized carbons (Fsp3) is 0.733. The number of nitrogens with zero attached hydrogens (tertiary/aromatic N) is 3. The molecule has 3 heterocycles. The van der Waals surface area contributed by atoms with Gasteiger partial charge in [0, 0.05) is 13.1 Å². The highest BCUT2D eigenvalue weighted by Crippen LogP contribution is 2.31. The topological polar surface area (TPSA) is 41.1 Å². The predicted octanol–water partition coefficient (Wildman–Crippen LogP) is 2.00. The fourth-order valence-corrected chi connectivity index (χ4v) is 3.46. The van der Waals surface area contributed by atoms with E-state index < -0.39 is 0 Å². The molecule has 19 heavy (non-hydrogen) atoms. The lowest BCUT2D eigenvalue weighted by atomic mass is 9.79. The van der Waals surface area contributed by atoms with Crippen molar-refractivity contribution in [2.24, 2.45) is 11.8 Å². The number of hydrogen-bond donors (Lipinski definition) is 1. The Labute approximate surface area is 115 Å². The van der Waals surface area contributed by atoms with Gasteiger partial charge in [0.1, 0.15) is 5.82 Å². The molecule has 0 unspecified atom stereocenters. The van der Waals surface area contributed by atoms with E-state index in [1.54, 1.807) is 0 Å². The van der Waals surface area contributed by atoms with Crippen molar-refractivity contribution >= 4 is 5.82 Å². The summed E-state index contributed by atoms with van der Waals surface area (Å²) in [4.78, 5) is 11.2. The van der Waals surface area contributed by atoms with E-state index in [0.717, 1.165) is 36.4 Å². The van der Waals surface area contributed by atoms with E-state index in [-0.39, 0.29) is 0 Å². The third-order valence-corrected chi connectivity index (χ3v) is 4.68. The molecule has 0 aromatic carbocycles. The SMILES string of the molecule is Cc1cnc(N2CCC(C3CCNCC3)CC2)cn1. The molecule has 1 aromatic heterocycles. The summed E-state index contributed by atoms with van der Waals surface area (Å²) in [6.45, 7) is 6.71. The van der Waals surface area contributed by atoms with Crippen molar-refractivity contribution in [3.05, 3.63) is 18.1 Å². The minimum atomic E-state index is 0.928. The first kappa shape index (κ1) is 12.9. The minimum Gasteiger partial charge on any atom is -0.355 e. The molecule has 0 radical (unpaired) electrons. The monoisotopic (exact) mass is 260 g/mol. The fourth-order valence-electron chi connectivity index (χ4n) is 3.46. The van der Waals surface area contributed by atoms with Crippen molar-refractivity contribution in [3.63, 3.8) is 0 Å². The second kappa shape index (κ2) is 5.87. The van der Waals surface area contributed by atoms with Gasteiger partial charge in [0.25, 0.3) is 0 Å². The van der Waals surface area contributed by atoms with Crippen LogP contribution < -0.4 is 10.2 Å². The zero-order valence-electron chi connectivity index (χ0n) is 11.8. The Morgan fingerprint density at radius 3 is 2.32 bits per heavy atom. The number of hydrogen-bond acceptors (Lipinski definition) is 4. The van der Waals surface area contributed by atoms with Crippen LogP contribution in [0.15, 0.2) is 12.4 Å². The predicted molar refractivity (Wildman–Crippen MR) is 77.3 cm³/mol. The second-order valence-corrected chi connectivity index (χ2v) is 5.93. The molecule has 2 saturated heterocycles. The van der Waals surface area contributed by atoms with Gasteiger partial charge in [-0.15, -0.1) is 0 Å². The maximum Gasteiger partial charge on any atom is 0.147 e. The van der Waals surface area contributed by atoms with Crippen molar-refractivity contribution in [1.29, 1.82) is 0 Å². The van der Waals surface area contributed by atoms with Crippen LogP contribution in [-0.2, 0) is 0 Å². The summed E-state index contributed by atoms with van der Waals surface area (Å²) in [5.41, 5.74) is 0.994. The number of rotatable bonds is 2. The van der Waals surface area contributed by atoms with Crippen LogP contribution in [0.1, 0.15) is 31.4 Å². The van der Waals surface area contributed by atoms with Crippen molar-refractivity contribution < 1.29 is 0 Å². The van der Waals surface area contributed by atoms with Gasteiger partial charge in [0.15, 0.2) is 0 Å². The standard InChI is InChI=1S/C15H24N4/c1-12-10-18-15(11-17-12)19-8-4-14(5-9-19)13-2-6-16-7-3-13/h10-11,13-14,16H,2-9H2,1H3. The van der Waals surface area contributed by atoms with Crippen LogP contribution in [0.4, 0.5) is 5.82 Å². The summed E-state index contributed by atoms with van der Waals surface area (Å²) in [6.07, 6.45) is 9.17. The average molecular weight is 260 g/mol. The van der Waals surface area contributed by atoms with Gasteiger partial charge < -0.3 is 10.2 Å². The van der Waals surface area contributed by atoms with E-state index in [0.29, 0.717) is 0 Å². The van der Waals surface area contributed by atoms with Crippen molar-refractivity contribution in [1.82, 2.24) is 15.3 Å². The molecule has 2 fully saturated rings. The molecule has 2 aliphatic rings. The molecule has 0 bridgehead atoms. The van der Waals surface area contributed by atoms with Gasteiger partial charge in [0.2, 0.25) is 0 Å². The van der Waals surface area contributed by atoms with Gasteiger partial charge in [-0.25, -0.2) is 4.98 Å². The zero-order chi connectivity index (χ0) is 13.1. The molecule has 4 heteroatoms. The minimum absolute atomic E-state index is 0.928. The Hall–Kier alpha value is -1.16. The zero-order valence-corrected chi connectivity index (χ0v) is 11.8. The molecule has 3 rings (SSSR count). The Bertz CT molecular complexity index is 389. The number of nitrogens with one attached hydrogen (secondary N) is 1. The number of piperidine rings is 2. The van der Waals surface area contributed by atoms with Crippen molar-refractivity contribution in [2.75, 3.05) is 31.1 Å². The van der Waals surface area contributed by atoms with Crippen LogP contribution in [0, 0.1) is 18.8 Å². The summed E-state index contributed by atoms with van der Waals surface area (Å²) < 4.78 is 0. The third kappa shape index (κ3) is 3.06. The maximum absolute atomic E-state index is 4.49. The van der Waals surface area contributed by atoms with Gasteiger partial charge in [-0.3, -0.25) is 4.98 Å². The number of aromatic nitrogens is 2. The van der Waals surface area contributed by atoms with Crippen LogP contribution in [0.5, 0.6) is 0 Å². The molecular formula is C15H24N4. The molecule has 0 atom stereocenters. The van der Waals surface area contributed by atoms with E-state index >= 15 is 0 Å². The Morgan fingerprint density at radius 1 is 1.00 bits per heavy atom. The van der Waals surface area contributed by atoms with Crippen LogP contribution in [0.3, 0.4) is 0 Å². The van der Waals surface area contributed by atoms with E-state index in [9.17, 15) is 0 Å². The lowest BCUT2D eigenvalue weighted by Gasteiger charge is -2.38. The van der Waals surface area contributed by atoms with Crippen molar-refractivity contribution in [3.8, 4) is 0 Å². The molecule has 0 amide bonds. The van der Waals surface area contributed by atoms with Gasteiger partial charge in [-0.2, -0.15) is 0 Å². The summed E-state index contributed by atoms with van der Waals surface area (Å²) in [5.74, 6) is 2.93. The molecule has 104 valence electrons. The largest absolute Gasteiger partial charge is 0.355 e. The Kier molecular flexibility index (Phi) is 3.97. The second-order valence-electron chi connectivity index (χ2n) is 5.93. The molecule has 1 aromatic rings. The quantitative estimate of drug-likeness (QED) is 0.883. The molecular weight excluding hydrogens is 236 g/mol. The van der Waals surface area contributed by atoms with Crippen LogP contribution >= 0.6 is 0 Å². The van der Waals surface area contributed by atoms with Gasteiger partial charge in [0.05, 0.1) is 18.1 Å². The van der Waals surface area contributed by atoms with E-state index in [2.05, 4.69) is 20.2 Å². The summed E-state index contributed by atoms with van der Waals surface area (Å²) >= 11 is 0.